The molecule has 0 bridgehead atoms. The molecular formula is C24H25N3O3. The number of hydrogen-bond acceptors (Lipinski definition) is 4. The summed E-state index contributed by atoms with van der Waals surface area (Å²) in [5, 5.41) is 15.3. The first-order valence-corrected chi connectivity index (χ1v) is 9.86. The molecule has 0 saturated carbocycles. The van der Waals surface area contributed by atoms with Crippen molar-refractivity contribution >= 4 is 5.52 Å². The van der Waals surface area contributed by atoms with Gasteiger partial charge in [-0.3, -0.25) is 4.79 Å². The van der Waals surface area contributed by atoms with Crippen molar-refractivity contribution in [2.75, 3.05) is 7.11 Å². The summed E-state index contributed by atoms with van der Waals surface area (Å²) in [6.07, 6.45) is 2.64. The SMILES string of the molecule is COc1ccc(-c2cc3c(=O)n(CC(O)c4cc(C)c(C)cc4C)ccn3n2)cc1. The smallest absolute Gasteiger partial charge is 0.276 e. The molecule has 30 heavy (non-hydrogen) atoms. The summed E-state index contributed by atoms with van der Waals surface area (Å²) in [4.78, 5) is 13.0. The molecule has 4 rings (SSSR count). The van der Waals surface area contributed by atoms with Crippen molar-refractivity contribution in [3.05, 3.63) is 87.5 Å². The molecule has 1 atom stereocenters. The van der Waals surface area contributed by atoms with E-state index < -0.39 is 6.10 Å². The number of aliphatic hydroxyl groups is 1. The van der Waals surface area contributed by atoms with Gasteiger partial charge < -0.3 is 14.4 Å². The van der Waals surface area contributed by atoms with Crippen LogP contribution < -0.4 is 10.3 Å². The van der Waals surface area contributed by atoms with E-state index >= 15 is 0 Å². The van der Waals surface area contributed by atoms with Gasteiger partial charge in [0.15, 0.2) is 0 Å². The summed E-state index contributed by atoms with van der Waals surface area (Å²) in [6, 6.07) is 13.4. The lowest BCUT2D eigenvalue weighted by atomic mass is 9.97. The summed E-state index contributed by atoms with van der Waals surface area (Å²) in [5.74, 6) is 0.764. The highest BCUT2D eigenvalue weighted by Crippen LogP contribution is 2.24. The average molecular weight is 403 g/mol. The fourth-order valence-electron chi connectivity index (χ4n) is 3.70. The van der Waals surface area contributed by atoms with Gasteiger partial charge in [-0.25, -0.2) is 4.52 Å². The maximum atomic E-state index is 13.0. The van der Waals surface area contributed by atoms with Crippen LogP contribution in [0.3, 0.4) is 0 Å². The number of rotatable bonds is 5. The quantitative estimate of drug-likeness (QED) is 0.550. The molecule has 0 spiro atoms. The topological polar surface area (TPSA) is 68.8 Å². The predicted octanol–water partition coefficient (Wildman–Crippen LogP) is 3.83. The Kier molecular flexibility index (Phi) is 5.18. The summed E-state index contributed by atoms with van der Waals surface area (Å²) in [6.45, 7) is 6.24. The lowest BCUT2D eigenvalue weighted by molar-refractivity contribution is 0.154. The van der Waals surface area contributed by atoms with Gasteiger partial charge in [-0.2, -0.15) is 5.10 Å². The summed E-state index contributed by atoms with van der Waals surface area (Å²) in [7, 11) is 1.62. The van der Waals surface area contributed by atoms with Crippen LogP contribution in [0.15, 0.2) is 59.7 Å². The molecule has 0 amide bonds. The van der Waals surface area contributed by atoms with Crippen LogP contribution in [-0.2, 0) is 6.54 Å². The Bertz CT molecular complexity index is 1270. The van der Waals surface area contributed by atoms with E-state index in [1.807, 2.05) is 44.2 Å². The van der Waals surface area contributed by atoms with Gasteiger partial charge in [0.1, 0.15) is 11.3 Å². The summed E-state index contributed by atoms with van der Waals surface area (Å²) in [5.41, 5.74) is 6.06. The number of methoxy groups -OCH3 is 1. The number of aromatic nitrogens is 3. The largest absolute Gasteiger partial charge is 0.497 e. The predicted molar refractivity (Wildman–Crippen MR) is 117 cm³/mol. The minimum absolute atomic E-state index is 0.182. The van der Waals surface area contributed by atoms with Crippen LogP contribution in [0.5, 0.6) is 5.75 Å². The molecule has 4 aromatic rings. The van der Waals surface area contributed by atoms with Gasteiger partial charge in [0.2, 0.25) is 0 Å². The third kappa shape index (κ3) is 3.62. The van der Waals surface area contributed by atoms with Crippen LogP contribution in [0.4, 0.5) is 0 Å². The van der Waals surface area contributed by atoms with Crippen LogP contribution in [0.2, 0.25) is 0 Å². The number of nitrogens with zero attached hydrogens (tertiary/aromatic N) is 3. The molecule has 1 unspecified atom stereocenters. The van der Waals surface area contributed by atoms with E-state index in [1.165, 1.54) is 10.1 Å². The van der Waals surface area contributed by atoms with Crippen molar-refractivity contribution in [1.82, 2.24) is 14.2 Å². The molecule has 0 aliphatic rings. The molecule has 2 aromatic carbocycles. The Morgan fingerprint density at radius 2 is 1.70 bits per heavy atom. The monoisotopic (exact) mass is 403 g/mol. The Labute approximate surface area is 175 Å². The van der Waals surface area contributed by atoms with E-state index in [0.717, 1.165) is 28.0 Å². The van der Waals surface area contributed by atoms with Gasteiger partial charge in [0, 0.05) is 18.0 Å². The highest BCUT2D eigenvalue weighted by molar-refractivity contribution is 5.66. The summed E-state index contributed by atoms with van der Waals surface area (Å²) >= 11 is 0. The molecule has 0 aliphatic carbocycles. The van der Waals surface area contributed by atoms with Gasteiger partial charge >= 0.3 is 0 Å². The Morgan fingerprint density at radius 1 is 1.00 bits per heavy atom. The molecule has 1 N–H and O–H groups in total. The molecule has 2 heterocycles. The Balaban J connectivity index is 1.66. The van der Waals surface area contributed by atoms with Gasteiger partial charge in [0.25, 0.3) is 5.56 Å². The van der Waals surface area contributed by atoms with Crippen molar-refractivity contribution < 1.29 is 9.84 Å². The highest BCUT2D eigenvalue weighted by Gasteiger charge is 2.15. The molecule has 2 aromatic heterocycles. The van der Waals surface area contributed by atoms with Crippen molar-refractivity contribution in [2.45, 2.75) is 33.4 Å². The molecule has 0 saturated heterocycles. The normalized spacial score (nSPS) is 12.3. The van der Waals surface area contributed by atoms with Crippen molar-refractivity contribution in [2.24, 2.45) is 0 Å². The fraction of sp³-hybridized carbons (Fsp3) is 0.250. The summed E-state index contributed by atoms with van der Waals surface area (Å²) < 4.78 is 8.30. The number of hydrogen-bond donors (Lipinski definition) is 1. The zero-order valence-electron chi connectivity index (χ0n) is 17.6. The van der Waals surface area contributed by atoms with Crippen LogP contribution >= 0.6 is 0 Å². The lowest BCUT2D eigenvalue weighted by Crippen LogP contribution is -2.24. The standard InChI is InChI=1S/C24H25N3O3/c1-15-11-17(3)20(12-16(15)2)23(28)14-26-9-10-27-22(24(26)29)13-21(25-27)18-5-7-19(30-4)8-6-18/h5-13,23,28H,14H2,1-4H3. The zero-order valence-corrected chi connectivity index (χ0v) is 17.6. The van der Waals surface area contributed by atoms with Gasteiger partial charge in [-0.1, -0.05) is 12.1 Å². The zero-order chi connectivity index (χ0) is 21.4. The minimum Gasteiger partial charge on any atom is -0.497 e. The molecule has 0 radical (unpaired) electrons. The van der Waals surface area contributed by atoms with E-state index in [9.17, 15) is 9.90 Å². The van der Waals surface area contributed by atoms with Crippen molar-refractivity contribution in [3.8, 4) is 17.0 Å². The molecular weight excluding hydrogens is 378 g/mol. The van der Waals surface area contributed by atoms with Gasteiger partial charge in [0.05, 0.1) is 25.5 Å². The Hall–Kier alpha value is -3.38. The van der Waals surface area contributed by atoms with E-state index in [0.29, 0.717) is 11.2 Å². The van der Waals surface area contributed by atoms with Crippen molar-refractivity contribution in [3.63, 3.8) is 0 Å². The van der Waals surface area contributed by atoms with Crippen LogP contribution in [-0.4, -0.2) is 26.4 Å². The number of ether oxygens (including phenoxy) is 1. The van der Waals surface area contributed by atoms with Crippen LogP contribution in [0.25, 0.3) is 16.8 Å². The van der Waals surface area contributed by atoms with E-state index in [1.54, 1.807) is 30.1 Å². The number of aliphatic hydroxyl groups excluding tert-OH is 1. The third-order valence-corrected chi connectivity index (χ3v) is 5.60. The molecule has 6 nitrogen and oxygen atoms in total. The second-order valence-electron chi connectivity index (χ2n) is 7.65. The molecule has 0 fully saturated rings. The Morgan fingerprint density at radius 3 is 2.40 bits per heavy atom. The maximum Gasteiger partial charge on any atom is 0.276 e. The van der Waals surface area contributed by atoms with Crippen molar-refractivity contribution in [1.29, 1.82) is 0 Å². The van der Waals surface area contributed by atoms with E-state index in [4.69, 9.17) is 4.74 Å². The lowest BCUT2D eigenvalue weighted by Gasteiger charge is -2.17. The average Bonchev–Trinajstić information content (AvgIpc) is 3.18. The molecule has 154 valence electrons. The first-order chi connectivity index (χ1) is 14.4. The number of aryl methyl sites for hydroxylation is 3. The van der Waals surface area contributed by atoms with E-state index in [-0.39, 0.29) is 12.1 Å². The second kappa shape index (κ2) is 7.80. The second-order valence-corrected chi connectivity index (χ2v) is 7.65. The van der Waals surface area contributed by atoms with Crippen LogP contribution in [0, 0.1) is 20.8 Å². The third-order valence-electron chi connectivity index (χ3n) is 5.60. The maximum absolute atomic E-state index is 13.0. The van der Waals surface area contributed by atoms with Gasteiger partial charge in [-0.15, -0.1) is 0 Å². The highest BCUT2D eigenvalue weighted by atomic mass is 16.5. The number of benzene rings is 2. The first kappa shape index (κ1) is 19.9. The van der Waals surface area contributed by atoms with E-state index in [2.05, 4.69) is 18.1 Å². The fourth-order valence-corrected chi connectivity index (χ4v) is 3.70. The minimum atomic E-state index is -0.770. The molecule has 0 aliphatic heterocycles. The number of fused-ring (bicyclic) bond motifs is 1. The molecule has 6 heteroatoms. The van der Waals surface area contributed by atoms with Gasteiger partial charge in [-0.05, 0) is 73.4 Å². The first-order valence-electron chi connectivity index (χ1n) is 9.86. The van der Waals surface area contributed by atoms with Crippen LogP contribution in [0.1, 0.15) is 28.4 Å².